The minimum atomic E-state index is 0.0165. The molecule has 2 aromatic rings. The number of halogens is 1. The Morgan fingerprint density at radius 1 is 1.17 bits per heavy atom. The van der Waals surface area contributed by atoms with Crippen molar-refractivity contribution in [2.24, 2.45) is 0 Å². The van der Waals surface area contributed by atoms with Gasteiger partial charge in [-0.1, -0.05) is 26.0 Å². The van der Waals surface area contributed by atoms with E-state index in [2.05, 4.69) is 35.8 Å². The van der Waals surface area contributed by atoms with Gasteiger partial charge in [-0.15, -0.1) is 0 Å². The van der Waals surface area contributed by atoms with E-state index >= 15 is 0 Å². The lowest BCUT2D eigenvalue weighted by Crippen LogP contribution is -2.05. The van der Waals surface area contributed by atoms with Gasteiger partial charge in [0.2, 0.25) is 0 Å². The lowest BCUT2D eigenvalue weighted by molar-refractivity contribution is 0.103. The molecule has 94 valence electrons. The standard InChI is InChI=1S/C15H15BrO2/c1-3-10-5-6-11(4-2)13(9-10)14(17)12-7-8-18-15(12)16/h5-9H,3-4H2,1-2H3. The molecule has 2 nitrogen and oxygen atoms in total. The Bertz CT molecular complexity index is 570. The molecular weight excluding hydrogens is 292 g/mol. The number of furan rings is 1. The fourth-order valence-electron chi connectivity index (χ4n) is 1.96. The van der Waals surface area contributed by atoms with Crippen LogP contribution in [0.4, 0.5) is 0 Å². The maximum absolute atomic E-state index is 12.5. The molecule has 0 amide bonds. The first-order chi connectivity index (χ1) is 8.67. The minimum absolute atomic E-state index is 0.0165. The number of hydrogen-bond donors (Lipinski definition) is 0. The van der Waals surface area contributed by atoms with E-state index in [9.17, 15) is 4.79 Å². The highest BCUT2D eigenvalue weighted by Crippen LogP contribution is 2.24. The molecule has 1 aromatic heterocycles. The number of aryl methyl sites for hydroxylation is 2. The molecule has 0 aliphatic rings. The highest BCUT2D eigenvalue weighted by Gasteiger charge is 2.17. The van der Waals surface area contributed by atoms with Crippen LogP contribution in [-0.2, 0) is 12.8 Å². The molecule has 1 aromatic carbocycles. The van der Waals surface area contributed by atoms with Gasteiger partial charge < -0.3 is 4.42 Å². The zero-order valence-corrected chi connectivity index (χ0v) is 12.1. The van der Waals surface area contributed by atoms with Crippen LogP contribution in [0.3, 0.4) is 0 Å². The van der Waals surface area contributed by atoms with E-state index in [-0.39, 0.29) is 5.78 Å². The summed E-state index contributed by atoms with van der Waals surface area (Å²) >= 11 is 3.26. The Hall–Kier alpha value is -1.35. The third kappa shape index (κ3) is 2.41. The molecule has 2 rings (SSSR count). The van der Waals surface area contributed by atoms with Crippen molar-refractivity contribution >= 4 is 21.7 Å². The smallest absolute Gasteiger partial charge is 0.197 e. The van der Waals surface area contributed by atoms with Crippen molar-refractivity contribution in [2.45, 2.75) is 26.7 Å². The summed E-state index contributed by atoms with van der Waals surface area (Å²) in [6.07, 6.45) is 3.30. The zero-order valence-electron chi connectivity index (χ0n) is 10.5. The van der Waals surface area contributed by atoms with E-state index in [1.165, 1.54) is 11.8 Å². The first-order valence-electron chi connectivity index (χ1n) is 6.06. The van der Waals surface area contributed by atoms with Gasteiger partial charge >= 0.3 is 0 Å². The molecule has 0 saturated carbocycles. The van der Waals surface area contributed by atoms with Crippen LogP contribution in [0.25, 0.3) is 0 Å². The zero-order chi connectivity index (χ0) is 13.1. The number of benzene rings is 1. The van der Waals surface area contributed by atoms with Crippen LogP contribution in [0.5, 0.6) is 0 Å². The van der Waals surface area contributed by atoms with Gasteiger partial charge in [-0.2, -0.15) is 0 Å². The van der Waals surface area contributed by atoms with Gasteiger partial charge in [-0.25, -0.2) is 0 Å². The highest BCUT2D eigenvalue weighted by molar-refractivity contribution is 9.10. The fraction of sp³-hybridized carbons (Fsp3) is 0.267. The van der Waals surface area contributed by atoms with Crippen molar-refractivity contribution in [3.8, 4) is 0 Å². The van der Waals surface area contributed by atoms with Crippen molar-refractivity contribution in [1.82, 2.24) is 0 Å². The summed E-state index contributed by atoms with van der Waals surface area (Å²) < 4.78 is 5.63. The largest absolute Gasteiger partial charge is 0.457 e. The Labute approximate surface area is 115 Å². The van der Waals surface area contributed by atoms with Gasteiger partial charge in [0.1, 0.15) is 0 Å². The van der Waals surface area contributed by atoms with Crippen molar-refractivity contribution in [3.63, 3.8) is 0 Å². The Kier molecular flexibility index (Phi) is 4.02. The van der Waals surface area contributed by atoms with Crippen LogP contribution in [0.15, 0.2) is 39.6 Å². The number of carbonyl (C=O) groups is 1. The predicted molar refractivity (Wildman–Crippen MR) is 75.0 cm³/mol. The molecule has 0 aliphatic heterocycles. The minimum Gasteiger partial charge on any atom is -0.457 e. The SMILES string of the molecule is CCc1ccc(CC)c(C(=O)c2ccoc2Br)c1. The molecule has 0 unspecified atom stereocenters. The summed E-state index contributed by atoms with van der Waals surface area (Å²) in [5.41, 5.74) is 3.61. The normalized spacial score (nSPS) is 10.6. The molecule has 18 heavy (non-hydrogen) atoms. The van der Waals surface area contributed by atoms with Gasteiger partial charge in [-0.05, 0) is 52.0 Å². The monoisotopic (exact) mass is 306 g/mol. The summed E-state index contributed by atoms with van der Waals surface area (Å²) in [4.78, 5) is 12.5. The summed E-state index contributed by atoms with van der Waals surface area (Å²) in [6, 6.07) is 7.81. The van der Waals surface area contributed by atoms with Gasteiger partial charge in [0.15, 0.2) is 10.5 Å². The second-order valence-electron chi connectivity index (χ2n) is 4.14. The first-order valence-corrected chi connectivity index (χ1v) is 6.86. The van der Waals surface area contributed by atoms with Crippen LogP contribution >= 0.6 is 15.9 Å². The van der Waals surface area contributed by atoms with Crippen molar-refractivity contribution in [1.29, 1.82) is 0 Å². The molecule has 0 aliphatic carbocycles. The summed E-state index contributed by atoms with van der Waals surface area (Å²) in [5, 5.41) is 0. The third-order valence-corrected chi connectivity index (χ3v) is 3.68. The number of hydrogen-bond acceptors (Lipinski definition) is 2. The van der Waals surface area contributed by atoms with E-state index in [1.54, 1.807) is 6.07 Å². The summed E-state index contributed by atoms with van der Waals surface area (Å²) in [5.74, 6) is 0.0165. The van der Waals surface area contributed by atoms with E-state index < -0.39 is 0 Å². The van der Waals surface area contributed by atoms with Gasteiger partial charge in [0, 0.05) is 5.56 Å². The van der Waals surface area contributed by atoms with E-state index in [4.69, 9.17) is 4.42 Å². The number of ketones is 1. The topological polar surface area (TPSA) is 30.2 Å². The van der Waals surface area contributed by atoms with Crippen LogP contribution < -0.4 is 0 Å². The second-order valence-corrected chi connectivity index (χ2v) is 4.86. The van der Waals surface area contributed by atoms with Gasteiger partial charge in [0.05, 0.1) is 11.8 Å². The van der Waals surface area contributed by atoms with Crippen LogP contribution in [-0.4, -0.2) is 5.78 Å². The Morgan fingerprint density at radius 3 is 2.50 bits per heavy atom. The molecule has 1 heterocycles. The number of carbonyl (C=O) groups excluding carboxylic acids is 1. The first kappa shape index (κ1) is 13.1. The summed E-state index contributed by atoms with van der Waals surface area (Å²) in [6.45, 7) is 4.14. The van der Waals surface area contributed by atoms with Gasteiger partial charge in [-0.3, -0.25) is 4.79 Å². The van der Waals surface area contributed by atoms with Crippen molar-refractivity contribution in [3.05, 3.63) is 57.5 Å². The molecule has 0 saturated heterocycles. The quantitative estimate of drug-likeness (QED) is 0.784. The van der Waals surface area contributed by atoms with E-state index in [0.717, 1.165) is 24.0 Å². The average Bonchev–Trinajstić information content (AvgIpc) is 2.83. The van der Waals surface area contributed by atoms with Crippen LogP contribution in [0.2, 0.25) is 0 Å². The molecule has 3 heteroatoms. The van der Waals surface area contributed by atoms with Crippen LogP contribution in [0.1, 0.15) is 40.9 Å². The molecule has 0 radical (unpaired) electrons. The maximum Gasteiger partial charge on any atom is 0.197 e. The molecule has 0 spiro atoms. The molecule has 0 bridgehead atoms. The second kappa shape index (κ2) is 5.53. The van der Waals surface area contributed by atoms with Crippen LogP contribution in [0, 0.1) is 0 Å². The summed E-state index contributed by atoms with van der Waals surface area (Å²) in [7, 11) is 0. The molecule has 0 N–H and O–H groups in total. The van der Waals surface area contributed by atoms with Gasteiger partial charge in [0.25, 0.3) is 0 Å². The third-order valence-electron chi connectivity index (χ3n) is 3.07. The van der Waals surface area contributed by atoms with E-state index in [0.29, 0.717) is 10.2 Å². The number of rotatable bonds is 4. The lowest BCUT2D eigenvalue weighted by atomic mass is 9.95. The van der Waals surface area contributed by atoms with E-state index in [1.807, 2.05) is 12.1 Å². The molecule has 0 fully saturated rings. The Balaban J connectivity index is 2.49. The molecule has 0 atom stereocenters. The predicted octanol–water partition coefficient (Wildman–Crippen LogP) is 4.40. The lowest BCUT2D eigenvalue weighted by Gasteiger charge is -2.08. The van der Waals surface area contributed by atoms with Crippen molar-refractivity contribution < 1.29 is 9.21 Å². The Morgan fingerprint density at radius 2 is 1.94 bits per heavy atom. The average molecular weight is 307 g/mol. The highest BCUT2D eigenvalue weighted by atomic mass is 79.9. The molecular formula is C15H15BrO2. The fourth-order valence-corrected chi connectivity index (χ4v) is 2.38. The van der Waals surface area contributed by atoms with Crippen molar-refractivity contribution in [2.75, 3.05) is 0 Å². The maximum atomic E-state index is 12.5.